The fourth-order valence-corrected chi connectivity index (χ4v) is 7.69. The first-order valence-corrected chi connectivity index (χ1v) is 24.4. The minimum absolute atomic E-state index is 0.00151. The molecule has 0 saturated carbocycles. The Labute approximate surface area is 339 Å². The van der Waals surface area contributed by atoms with Crippen LogP contribution in [0.15, 0.2) is 12.7 Å². The van der Waals surface area contributed by atoms with Gasteiger partial charge in [0, 0.05) is 19.3 Å². The summed E-state index contributed by atoms with van der Waals surface area (Å²) < 4.78 is 47.4. The second-order valence-electron chi connectivity index (χ2n) is 15.3. The number of rotatable bonds is 44. The zero-order chi connectivity index (χ0) is 40.5. The van der Waals surface area contributed by atoms with Gasteiger partial charge < -0.3 is 14.2 Å². The Bertz CT molecular complexity index is 915. The minimum atomic E-state index is -3.89. The van der Waals surface area contributed by atoms with Gasteiger partial charge in [-0.3, -0.25) is 23.2 Å². The molecule has 0 aliphatic carbocycles. The molecule has 326 valence electrons. The quantitative estimate of drug-likeness (QED) is 0.0257. The molecule has 0 radical (unpaired) electrons. The summed E-state index contributed by atoms with van der Waals surface area (Å²) in [4.78, 5) is 25.7. The van der Waals surface area contributed by atoms with E-state index in [0.29, 0.717) is 32.3 Å². The first-order chi connectivity index (χ1) is 26.8. The third kappa shape index (κ3) is 36.8. The summed E-state index contributed by atoms with van der Waals surface area (Å²) in [6.45, 7) is 12.6. The van der Waals surface area contributed by atoms with Crippen LogP contribution in [0.2, 0.25) is 0 Å². The monoisotopic (exact) mass is 803 g/mol. The molecule has 0 saturated heterocycles. The van der Waals surface area contributed by atoms with Crippen molar-refractivity contribution in [3.05, 3.63) is 12.7 Å². The summed E-state index contributed by atoms with van der Waals surface area (Å²) in [6, 6.07) is 0. The minimum Gasteiger partial charge on any atom is -0.462 e. The van der Waals surface area contributed by atoms with E-state index in [-0.39, 0.29) is 44.5 Å². The molecule has 9 nitrogen and oxygen atoms in total. The molecular formula is C45H87O9P. The Morgan fingerprint density at radius 2 is 0.927 bits per heavy atom. The van der Waals surface area contributed by atoms with Crippen LogP contribution >= 0.6 is 7.82 Å². The fourth-order valence-electron chi connectivity index (χ4n) is 6.42. The van der Waals surface area contributed by atoms with Gasteiger partial charge in [-0.2, -0.15) is 0 Å². The number of unbranched alkanes of at least 4 members (excludes halogenated alkanes) is 22. The summed E-state index contributed by atoms with van der Waals surface area (Å²) in [5.74, 6) is -0.466. The van der Waals surface area contributed by atoms with Crippen LogP contribution in [-0.4, -0.2) is 57.2 Å². The standard InChI is InChI=1S/C45H87O9P/c1-6-11-14-17-19-21-22-24-26-29-32-35-45(47)54-43(41-52-55(48,50-37-9-4)51-38-10-5)40-49-39-36-42(33-30-27-16-13-8-3)53-44(46)34-31-28-25-23-20-18-15-12-7-2/h9,42-43H,4,6-8,10-41H2,1-3,5H3/t42-,43-,55?/m1/s1. The Hall–Kier alpha value is -1.25. The maximum absolute atomic E-state index is 13.2. The number of esters is 2. The van der Waals surface area contributed by atoms with Crippen LogP contribution in [-0.2, 0) is 41.9 Å². The lowest BCUT2D eigenvalue weighted by Gasteiger charge is -2.23. The molecule has 1 unspecified atom stereocenters. The molecule has 0 aromatic carbocycles. The zero-order valence-electron chi connectivity index (χ0n) is 36.3. The van der Waals surface area contributed by atoms with Crippen molar-refractivity contribution in [2.24, 2.45) is 0 Å². The highest BCUT2D eigenvalue weighted by atomic mass is 31.2. The van der Waals surface area contributed by atoms with Crippen molar-refractivity contribution in [1.82, 2.24) is 0 Å². The predicted molar refractivity (Wildman–Crippen MR) is 227 cm³/mol. The van der Waals surface area contributed by atoms with E-state index in [2.05, 4.69) is 27.4 Å². The summed E-state index contributed by atoms with van der Waals surface area (Å²) in [6.07, 6.45) is 32.9. The van der Waals surface area contributed by atoms with Crippen molar-refractivity contribution in [2.45, 2.75) is 233 Å². The summed E-state index contributed by atoms with van der Waals surface area (Å²) in [5.41, 5.74) is 0. The van der Waals surface area contributed by atoms with Crippen LogP contribution in [0.25, 0.3) is 0 Å². The predicted octanol–water partition coefficient (Wildman–Crippen LogP) is 14.0. The van der Waals surface area contributed by atoms with Crippen LogP contribution in [0.3, 0.4) is 0 Å². The van der Waals surface area contributed by atoms with Gasteiger partial charge in [-0.15, -0.1) is 6.58 Å². The van der Waals surface area contributed by atoms with E-state index < -0.39 is 13.9 Å². The van der Waals surface area contributed by atoms with Crippen molar-refractivity contribution < 1.29 is 41.9 Å². The van der Waals surface area contributed by atoms with E-state index in [9.17, 15) is 14.2 Å². The van der Waals surface area contributed by atoms with Crippen molar-refractivity contribution in [3.8, 4) is 0 Å². The van der Waals surface area contributed by atoms with E-state index in [1.165, 1.54) is 122 Å². The fraction of sp³-hybridized carbons (Fsp3) is 0.911. The molecule has 3 atom stereocenters. The van der Waals surface area contributed by atoms with Gasteiger partial charge in [0.1, 0.15) is 12.2 Å². The molecule has 0 fully saturated rings. The molecule has 0 aliphatic heterocycles. The molecule has 10 heteroatoms. The van der Waals surface area contributed by atoms with Gasteiger partial charge in [0.15, 0.2) is 0 Å². The van der Waals surface area contributed by atoms with Crippen LogP contribution in [0, 0.1) is 0 Å². The van der Waals surface area contributed by atoms with Gasteiger partial charge in [-0.25, -0.2) is 4.57 Å². The normalized spacial score (nSPS) is 13.7. The lowest BCUT2D eigenvalue weighted by atomic mass is 10.1. The Morgan fingerprint density at radius 1 is 0.491 bits per heavy atom. The van der Waals surface area contributed by atoms with Crippen LogP contribution in [0.4, 0.5) is 0 Å². The molecule has 0 aromatic heterocycles. The number of phosphoric ester groups is 1. The lowest BCUT2D eigenvalue weighted by Crippen LogP contribution is -2.29. The molecule has 0 amide bonds. The van der Waals surface area contributed by atoms with E-state index >= 15 is 0 Å². The Kier molecular flexibility index (Phi) is 40.0. The van der Waals surface area contributed by atoms with Crippen molar-refractivity contribution >= 4 is 19.8 Å². The topological polar surface area (TPSA) is 107 Å². The van der Waals surface area contributed by atoms with E-state index in [4.69, 9.17) is 27.8 Å². The second kappa shape index (κ2) is 40.9. The first kappa shape index (κ1) is 53.8. The average molecular weight is 803 g/mol. The molecule has 0 heterocycles. The summed E-state index contributed by atoms with van der Waals surface area (Å²) in [7, 11) is -3.89. The maximum atomic E-state index is 13.2. The van der Waals surface area contributed by atoms with Gasteiger partial charge in [-0.05, 0) is 32.1 Å². The molecule has 0 N–H and O–H groups in total. The summed E-state index contributed by atoms with van der Waals surface area (Å²) in [5, 5.41) is 0. The zero-order valence-corrected chi connectivity index (χ0v) is 37.2. The van der Waals surface area contributed by atoms with Gasteiger partial charge in [-0.1, -0.05) is 175 Å². The van der Waals surface area contributed by atoms with Crippen LogP contribution < -0.4 is 0 Å². The number of carbonyl (C=O) groups is 2. The van der Waals surface area contributed by atoms with Crippen molar-refractivity contribution in [2.75, 3.05) is 33.0 Å². The van der Waals surface area contributed by atoms with Crippen LogP contribution in [0.1, 0.15) is 220 Å². The lowest BCUT2D eigenvalue weighted by molar-refractivity contribution is -0.156. The van der Waals surface area contributed by atoms with Gasteiger partial charge >= 0.3 is 19.8 Å². The molecular weight excluding hydrogens is 715 g/mol. The number of ether oxygens (including phenoxy) is 3. The smallest absolute Gasteiger partial charge is 0.462 e. The van der Waals surface area contributed by atoms with E-state index in [1.54, 1.807) is 0 Å². The second-order valence-corrected chi connectivity index (χ2v) is 17.0. The highest BCUT2D eigenvalue weighted by molar-refractivity contribution is 7.48. The third-order valence-corrected chi connectivity index (χ3v) is 11.2. The molecule has 0 aliphatic rings. The number of carbonyl (C=O) groups excluding carboxylic acids is 2. The van der Waals surface area contributed by atoms with Crippen molar-refractivity contribution in [1.29, 1.82) is 0 Å². The molecule has 0 bridgehead atoms. The van der Waals surface area contributed by atoms with Gasteiger partial charge in [0.2, 0.25) is 0 Å². The van der Waals surface area contributed by atoms with Crippen LogP contribution in [0.5, 0.6) is 0 Å². The summed E-state index contributed by atoms with van der Waals surface area (Å²) >= 11 is 0. The SMILES string of the molecule is C=CCOP(=O)(OCCC)OC[C@@H](COCC[C@@H](CCCCCCC)OC(=O)CCCCCCCCCCC)OC(=O)CCCCCCCCCCCCC. The molecule has 0 rings (SSSR count). The Morgan fingerprint density at radius 3 is 1.38 bits per heavy atom. The van der Waals surface area contributed by atoms with Gasteiger partial charge in [0.25, 0.3) is 0 Å². The first-order valence-electron chi connectivity index (χ1n) is 22.9. The molecule has 0 spiro atoms. The van der Waals surface area contributed by atoms with Crippen molar-refractivity contribution in [3.63, 3.8) is 0 Å². The maximum Gasteiger partial charge on any atom is 0.475 e. The highest BCUT2D eigenvalue weighted by Gasteiger charge is 2.29. The van der Waals surface area contributed by atoms with E-state index in [1.807, 2.05) is 6.92 Å². The number of hydrogen-bond acceptors (Lipinski definition) is 9. The number of hydrogen-bond donors (Lipinski definition) is 0. The molecule has 55 heavy (non-hydrogen) atoms. The Balaban J connectivity index is 5.01. The third-order valence-electron chi connectivity index (χ3n) is 9.81. The number of phosphoric acid groups is 1. The van der Waals surface area contributed by atoms with Gasteiger partial charge in [0.05, 0.1) is 33.0 Å². The molecule has 0 aromatic rings. The average Bonchev–Trinajstić information content (AvgIpc) is 3.18. The highest BCUT2D eigenvalue weighted by Crippen LogP contribution is 2.49. The van der Waals surface area contributed by atoms with E-state index in [0.717, 1.165) is 51.4 Å². The largest absolute Gasteiger partial charge is 0.475 e.